The van der Waals surface area contributed by atoms with E-state index in [4.69, 9.17) is 10.5 Å². The Kier molecular flexibility index (Phi) is 4.02. The van der Waals surface area contributed by atoms with Gasteiger partial charge in [-0.2, -0.15) is 0 Å². The van der Waals surface area contributed by atoms with Gasteiger partial charge in [0.15, 0.2) is 0 Å². The Balaban J connectivity index is 2.12. The zero-order valence-corrected chi connectivity index (χ0v) is 13.0. The summed E-state index contributed by atoms with van der Waals surface area (Å²) in [7, 11) is 0. The lowest BCUT2D eigenvalue weighted by molar-refractivity contribution is -0.0722. The van der Waals surface area contributed by atoms with Crippen molar-refractivity contribution in [2.45, 2.75) is 52.2 Å². The summed E-state index contributed by atoms with van der Waals surface area (Å²) >= 11 is 3.51. The number of benzene rings is 1. The molecule has 1 aliphatic carbocycles. The highest BCUT2D eigenvalue weighted by molar-refractivity contribution is 9.10. The minimum absolute atomic E-state index is 0.168. The molecule has 0 heterocycles. The molecule has 0 amide bonds. The number of hydrogen-bond acceptors (Lipinski definition) is 2. The number of halogens is 1. The molecule has 3 heteroatoms. The van der Waals surface area contributed by atoms with E-state index in [2.05, 4.69) is 42.8 Å². The summed E-state index contributed by atoms with van der Waals surface area (Å²) in [6.07, 6.45) is 3.41. The van der Waals surface area contributed by atoms with E-state index in [0.29, 0.717) is 0 Å². The molecule has 18 heavy (non-hydrogen) atoms. The summed E-state index contributed by atoms with van der Waals surface area (Å²) in [5, 5.41) is 0. The summed E-state index contributed by atoms with van der Waals surface area (Å²) in [4.78, 5) is 0. The van der Waals surface area contributed by atoms with Crippen molar-refractivity contribution in [3.63, 3.8) is 0 Å². The third-order valence-electron chi connectivity index (χ3n) is 4.57. The van der Waals surface area contributed by atoms with E-state index in [0.717, 1.165) is 29.5 Å². The van der Waals surface area contributed by atoms with Crippen LogP contribution in [0.1, 0.15) is 38.7 Å². The standard InChI is InChI=1S/C15H22BrNO/c1-4-15(5-2)13(17)9-14(15)18-11-6-7-12(16)10(3)8-11/h6-8,13-14H,4-5,9,17H2,1-3H3. The minimum atomic E-state index is 0.168. The number of nitrogens with two attached hydrogens (primary N) is 1. The highest BCUT2D eigenvalue weighted by Gasteiger charge is 2.52. The molecule has 0 aliphatic heterocycles. The van der Waals surface area contributed by atoms with Crippen LogP contribution in [0.25, 0.3) is 0 Å². The van der Waals surface area contributed by atoms with E-state index < -0.39 is 0 Å². The fourth-order valence-electron chi connectivity index (χ4n) is 3.03. The Morgan fingerprint density at radius 2 is 2.06 bits per heavy atom. The molecule has 1 aromatic rings. The van der Waals surface area contributed by atoms with E-state index in [1.165, 1.54) is 5.56 Å². The van der Waals surface area contributed by atoms with Crippen molar-refractivity contribution in [2.24, 2.45) is 11.1 Å². The van der Waals surface area contributed by atoms with Crippen LogP contribution in [-0.2, 0) is 0 Å². The van der Waals surface area contributed by atoms with Crippen molar-refractivity contribution in [3.8, 4) is 5.75 Å². The molecule has 1 fully saturated rings. The highest BCUT2D eigenvalue weighted by Crippen LogP contribution is 2.47. The molecule has 2 N–H and O–H groups in total. The Bertz CT molecular complexity index is 429. The predicted octanol–water partition coefficient (Wildman–Crippen LogP) is 4.04. The summed E-state index contributed by atoms with van der Waals surface area (Å²) in [6.45, 7) is 6.51. The van der Waals surface area contributed by atoms with Crippen LogP contribution in [0.15, 0.2) is 22.7 Å². The first-order valence-electron chi connectivity index (χ1n) is 6.72. The largest absolute Gasteiger partial charge is 0.490 e. The Morgan fingerprint density at radius 1 is 1.39 bits per heavy atom. The van der Waals surface area contributed by atoms with Crippen molar-refractivity contribution >= 4 is 15.9 Å². The van der Waals surface area contributed by atoms with Crippen LogP contribution in [0.4, 0.5) is 0 Å². The molecule has 100 valence electrons. The average molecular weight is 312 g/mol. The second-order valence-electron chi connectivity index (χ2n) is 5.30. The third kappa shape index (κ3) is 2.19. The molecule has 0 bridgehead atoms. The van der Waals surface area contributed by atoms with Crippen molar-refractivity contribution in [2.75, 3.05) is 0 Å². The molecule has 0 radical (unpaired) electrons. The van der Waals surface area contributed by atoms with Crippen molar-refractivity contribution in [1.29, 1.82) is 0 Å². The lowest BCUT2D eigenvalue weighted by atomic mass is 9.59. The number of rotatable bonds is 4. The normalized spacial score (nSPS) is 25.6. The van der Waals surface area contributed by atoms with E-state index in [9.17, 15) is 0 Å². The fraction of sp³-hybridized carbons (Fsp3) is 0.600. The smallest absolute Gasteiger partial charge is 0.120 e. The summed E-state index contributed by atoms with van der Waals surface area (Å²) in [5.41, 5.74) is 7.56. The van der Waals surface area contributed by atoms with Crippen molar-refractivity contribution < 1.29 is 4.74 Å². The maximum atomic E-state index is 6.19. The van der Waals surface area contributed by atoms with E-state index >= 15 is 0 Å². The van der Waals surface area contributed by atoms with Crippen molar-refractivity contribution in [3.05, 3.63) is 28.2 Å². The molecule has 2 unspecified atom stereocenters. The zero-order valence-electron chi connectivity index (χ0n) is 11.4. The maximum Gasteiger partial charge on any atom is 0.120 e. The van der Waals surface area contributed by atoms with Crippen LogP contribution in [0.3, 0.4) is 0 Å². The van der Waals surface area contributed by atoms with Gasteiger partial charge in [-0.05, 0) is 43.5 Å². The van der Waals surface area contributed by atoms with Gasteiger partial charge in [0.1, 0.15) is 11.9 Å². The zero-order chi connectivity index (χ0) is 13.3. The lowest BCUT2D eigenvalue weighted by Crippen LogP contribution is -2.62. The molecule has 2 nitrogen and oxygen atoms in total. The second kappa shape index (κ2) is 5.22. The van der Waals surface area contributed by atoms with Gasteiger partial charge in [0.2, 0.25) is 0 Å². The Labute approximate surface area is 118 Å². The highest BCUT2D eigenvalue weighted by atomic mass is 79.9. The van der Waals surface area contributed by atoms with Gasteiger partial charge in [0.25, 0.3) is 0 Å². The van der Waals surface area contributed by atoms with Gasteiger partial charge < -0.3 is 10.5 Å². The third-order valence-corrected chi connectivity index (χ3v) is 5.46. The summed E-state index contributed by atoms with van der Waals surface area (Å²) in [6, 6.07) is 6.44. The topological polar surface area (TPSA) is 35.2 Å². The molecule has 1 aromatic carbocycles. The molecular formula is C15H22BrNO. The first-order chi connectivity index (χ1) is 8.53. The van der Waals surface area contributed by atoms with E-state index in [1.807, 2.05) is 12.1 Å². The van der Waals surface area contributed by atoms with Crippen molar-refractivity contribution in [1.82, 2.24) is 0 Å². The number of ether oxygens (including phenoxy) is 1. The monoisotopic (exact) mass is 311 g/mol. The first kappa shape index (κ1) is 13.9. The molecule has 0 saturated heterocycles. The molecule has 0 aromatic heterocycles. The lowest BCUT2D eigenvalue weighted by Gasteiger charge is -2.53. The summed E-state index contributed by atoms with van der Waals surface area (Å²) < 4.78 is 7.28. The molecular weight excluding hydrogens is 290 g/mol. The Morgan fingerprint density at radius 3 is 2.56 bits per heavy atom. The molecule has 1 aliphatic rings. The van der Waals surface area contributed by atoms with Crippen LogP contribution < -0.4 is 10.5 Å². The Hall–Kier alpha value is -0.540. The van der Waals surface area contributed by atoms with Gasteiger partial charge in [0, 0.05) is 22.4 Å². The molecule has 2 atom stereocenters. The SMILES string of the molecule is CCC1(CC)C(N)CC1Oc1ccc(Br)c(C)c1. The predicted molar refractivity (Wildman–Crippen MR) is 78.9 cm³/mol. The van der Waals surface area contributed by atoms with Crippen LogP contribution in [0.2, 0.25) is 0 Å². The first-order valence-corrected chi connectivity index (χ1v) is 7.51. The van der Waals surface area contributed by atoms with Gasteiger partial charge in [-0.15, -0.1) is 0 Å². The van der Waals surface area contributed by atoms with E-state index in [-0.39, 0.29) is 17.6 Å². The van der Waals surface area contributed by atoms with Crippen LogP contribution in [0, 0.1) is 12.3 Å². The quantitative estimate of drug-likeness (QED) is 0.910. The number of hydrogen-bond donors (Lipinski definition) is 1. The minimum Gasteiger partial charge on any atom is -0.490 e. The summed E-state index contributed by atoms with van der Waals surface area (Å²) in [5.74, 6) is 0.957. The molecule has 0 spiro atoms. The van der Waals surface area contributed by atoms with Crippen LogP contribution in [-0.4, -0.2) is 12.1 Å². The molecule has 2 rings (SSSR count). The van der Waals surface area contributed by atoms with Crippen LogP contribution >= 0.6 is 15.9 Å². The second-order valence-corrected chi connectivity index (χ2v) is 6.15. The van der Waals surface area contributed by atoms with Gasteiger partial charge in [-0.3, -0.25) is 0 Å². The number of aryl methyl sites for hydroxylation is 1. The fourth-order valence-corrected chi connectivity index (χ4v) is 3.27. The maximum absolute atomic E-state index is 6.19. The average Bonchev–Trinajstić information content (AvgIpc) is 2.35. The van der Waals surface area contributed by atoms with E-state index in [1.54, 1.807) is 0 Å². The van der Waals surface area contributed by atoms with Crippen LogP contribution in [0.5, 0.6) is 5.75 Å². The molecule has 1 saturated carbocycles. The van der Waals surface area contributed by atoms with Gasteiger partial charge >= 0.3 is 0 Å². The van der Waals surface area contributed by atoms with Gasteiger partial charge in [-0.1, -0.05) is 29.8 Å². The van der Waals surface area contributed by atoms with Gasteiger partial charge in [0.05, 0.1) is 0 Å². The van der Waals surface area contributed by atoms with Gasteiger partial charge in [-0.25, -0.2) is 0 Å².